The van der Waals surface area contributed by atoms with E-state index < -0.39 is 20.6 Å². The summed E-state index contributed by atoms with van der Waals surface area (Å²) in [5, 5.41) is 9.23. The molecule has 6 heteroatoms. The van der Waals surface area contributed by atoms with Crippen LogP contribution in [0, 0.1) is 0 Å². The van der Waals surface area contributed by atoms with Crippen LogP contribution in [-0.2, 0) is 9.47 Å². The van der Waals surface area contributed by atoms with Crippen LogP contribution in [-0.4, -0.2) is 32.6 Å². The van der Waals surface area contributed by atoms with E-state index in [2.05, 4.69) is 33.9 Å². The van der Waals surface area contributed by atoms with Gasteiger partial charge in [0.15, 0.2) is 6.29 Å². The lowest BCUT2D eigenvalue weighted by atomic mass is 10.1. The molecular weight excluding hydrogens is 300 g/mol. The molecule has 1 aromatic carbocycles. The van der Waals surface area contributed by atoms with Crippen molar-refractivity contribution in [1.29, 1.82) is 0 Å². The normalized spacial score (nSPS) is 16.8. The Balaban J connectivity index is 2.41. The Bertz CT molecular complexity index is 556. The highest BCUT2D eigenvalue weighted by Crippen LogP contribution is 2.40. The van der Waals surface area contributed by atoms with Gasteiger partial charge in [0, 0.05) is 5.56 Å². The fraction of sp³-hybridized carbons (Fsp3) is 0.562. The van der Waals surface area contributed by atoms with Crippen LogP contribution >= 0.6 is 0 Å². The highest BCUT2D eigenvalue weighted by molar-refractivity contribution is 6.74. The summed E-state index contributed by atoms with van der Waals surface area (Å²) in [4.78, 5) is 11.2. The highest BCUT2D eigenvalue weighted by atomic mass is 28.4. The lowest BCUT2D eigenvalue weighted by molar-refractivity contribution is -0.0451. The van der Waals surface area contributed by atoms with E-state index in [0.29, 0.717) is 19.0 Å². The molecule has 0 radical (unpaired) electrons. The summed E-state index contributed by atoms with van der Waals surface area (Å²) in [6.45, 7) is 11.7. The average Bonchev–Trinajstić information content (AvgIpc) is 2.90. The first kappa shape index (κ1) is 17.0. The lowest BCUT2D eigenvalue weighted by Crippen LogP contribution is -2.44. The van der Waals surface area contributed by atoms with Gasteiger partial charge in [-0.05, 0) is 36.3 Å². The first-order chi connectivity index (χ1) is 10.1. The van der Waals surface area contributed by atoms with E-state index in [1.807, 2.05) is 0 Å². The Morgan fingerprint density at radius 1 is 1.27 bits per heavy atom. The maximum Gasteiger partial charge on any atom is 0.335 e. The lowest BCUT2D eigenvalue weighted by Gasteiger charge is -2.37. The Morgan fingerprint density at radius 2 is 1.86 bits per heavy atom. The van der Waals surface area contributed by atoms with Gasteiger partial charge in [0.2, 0.25) is 8.32 Å². The summed E-state index contributed by atoms with van der Waals surface area (Å²) in [7, 11) is -2.09. The molecule has 1 saturated heterocycles. The topological polar surface area (TPSA) is 65.0 Å². The summed E-state index contributed by atoms with van der Waals surface area (Å²) < 4.78 is 17.4. The van der Waals surface area contributed by atoms with E-state index in [1.54, 1.807) is 18.2 Å². The summed E-state index contributed by atoms with van der Waals surface area (Å²) >= 11 is 0. The molecule has 0 unspecified atom stereocenters. The van der Waals surface area contributed by atoms with E-state index in [9.17, 15) is 9.90 Å². The van der Waals surface area contributed by atoms with Crippen molar-refractivity contribution in [3.63, 3.8) is 0 Å². The number of rotatable bonds is 4. The van der Waals surface area contributed by atoms with Gasteiger partial charge in [0.1, 0.15) is 5.75 Å². The molecule has 0 amide bonds. The van der Waals surface area contributed by atoms with Gasteiger partial charge in [-0.3, -0.25) is 0 Å². The Kier molecular flexibility index (Phi) is 4.65. The van der Waals surface area contributed by atoms with Gasteiger partial charge < -0.3 is 19.0 Å². The zero-order valence-corrected chi connectivity index (χ0v) is 14.8. The van der Waals surface area contributed by atoms with Crippen molar-refractivity contribution in [1.82, 2.24) is 0 Å². The van der Waals surface area contributed by atoms with E-state index >= 15 is 0 Å². The predicted molar refractivity (Wildman–Crippen MR) is 85.9 cm³/mol. The minimum absolute atomic E-state index is 0.0148. The van der Waals surface area contributed by atoms with Crippen LogP contribution in [0.3, 0.4) is 0 Å². The number of carboxylic acids is 1. The molecule has 0 saturated carbocycles. The smallest absolute Gasteiger partial charge is 0.335 e. The van der Waals surface area contributed by atoms with Gasteiger partial charge in [-0.25, -0.2) is 4.79 Å². The molecule has 0 aromatic heterocycles. The maximum absolute atomic E-state index is 11.2. The van der Waals surface area contributed by atoms with Crippen LogP contribution in [0.2, 0.25) is 18.1 Å². The molecule has 1 heterocycles. The van der Waals surface area contributed by atoms with Gasteiger partial charge in [-0.2, -0.15) is 0 Å². The molecule has 0 spiro atoms. The van der Waals surface area contributed by atoms with E-state index in [1.165, 1.54) is 0 Å². The fourth-order valence-electron chi connectivity index (χ4n) is 1.92. The van der Waals surface area contributed by atoms with Gasteiger partial charge in [-0.1, -0.05) is 20.8 Å². The van der Waals surface area contributed by atoms with Crippen molar-refractivity contribution in [3.05, 3.63) is 29.3 Å². The zero-order valence-electron chi connectivity index (χ0n) is 13.8. The highest BCUT2D eigenvalue weighted by Gasteiger charge is 2.40. The molecule has 1 aliphatic heterocycles. The molecule has 1 N–H and O–H groups in total. The number of carbonyl (C=O) groups is 1. The Labute approximate surface area is 132 Å². The summed E-state index contributed by atoms with van der Waals surface area (Å²) in [6.07, 6.45) is -0.484. The van der Waals surface area contributed by atoms with E-state index in [4.69, 9.17) is 13.9 Å². The second-order valence-electron chi connectivity index (χ2n) is 6.99. The molecule has 1 fully saturated rings. The Hall–Kier alpha value is -1.37. The van der Waals surface area contributed by atoms with Crippen LogP contribution in [0.5, 0.6) is 5.75 Å². The first-order valence-electron chi connectivity index (χ1n) is 7.41. The number of hydrogen-bond acceptors (Lipinski definition) is 4. The number of benzene rings is 1. The van der Waals surface area contributed by atoms with Crippen molar-refractivity contribution in [2.24, 2.45) is 0 Å². The molecule has 22 heavy (non-hydrogen) atoms. The summed E-state index contributed by atoms with van der Waals surface area (Å²) in [5.74, 6) is -0.418. The third-order valence-corrected chi connectivity index (χ3v) is 8.65. The Morgan fingerprint density at radius 3 is 2.36 bits per heavy atom. The van der Waals surface area contributed by atoms with Gasteiger partial charge >= 0.3 is 5.97 Å². The molecule has 0 bridgehead atoms. The predicted octanol–water partition coefficient (Wildman–Crippen LogP) is 3.81. The molecule has 122 valence electrons. The largest absolute Gasteiger partial charge is 0.543 e. The van der Waals surface area contributed by atoms with Gasteiger partial charge in [0.25, 0.3) is 0 Å². The van der Waals surface area contributed by atoms with Crippen molar-refractivity contribution in [3.8, 4) is 5.75 Å². The molecule has 0 atom stereocenters. The first-order valence-corrected chi connectivity index (χ1v) is 10.3. The van der Waals surface area contributed by atoms with Crippen LogP contribution in [0.1, 0.15) is 43.0 Å². The minimum atomic E-state index is -2.09. The van der Waals surface area contributed by atoms with Crippen molar-refractivity contribution >= 4 is 14.3 Å². The van der Waals surface area contributed by atoms with Crippen molar-refractivity contribution in [2.45, 2.75) is 45.2 Å². The molecule has 1 aliphatic rings. The number of ether oxygens (including phenoxy) is 2. The van der Waals surface area contributed by atoms with Crippen LogP contribution < -0.4 is 4.43 Å². The molecule has 1 aromatic rings. The van der Waals surface area contributed by atoms with Crippen molar-refractivity contribution < 1.29 is 23.8 Å². The van der Waals surface area contributed by atoms with Crippen molar-refractivity contribution in [2.75, 3.05) is 13.2 Å². The van der Waals surface area contributed by atoms with E-state index in [0.717, 1.165) is 5.56 Å². The molecule has 0 aliphatic carbocycles. The minimum Gasteiger partial charge on any atom is -0.543 e. The molecular formula is C16H24O5Si. The fourth-order valence-corrected chi connectivity index (χ4v) is 2.95. The maximum atomic E-state index is 11.2. The second kappa shape index (κ2) is 6.02. The quantitative estimate of drug-likeness (QED) is 0.853. The van der Waals surface area contributed by atoms with Crippen LogP contribution in [0.15, 0.2) is 18.2 Å². The third kappa shape index (κ3) is 3.51. The van der Waals surface area contributed by atoms with Gasteiger partial charge in [0.05, 0.1) is 18.8 Å². The zero-order chi connectivity index (χ0) is 16.5. The number of aromatic carboxylic acids is 1. The molecule has 2 rings (SSSR count). The van der Waals surface area contributed by atoms with Crippen LogP contribution in [0.4, 0.5) is 0 Å². The second-order valence-corrected chi connectivity index (χ2v) is 11.7. The van der Waals surface area contributed by atoms with E-state index in [-0.39, 0.29) is 10.6 Å². The number of carboxylic acid groups (broad SMARTS) is 1. The number of hydrogen-bond donors (Lipinski definition) is 1. The van der Waals surface area contributed by atoms with Gasteiger partial charge in [-0.15, -0.1) is 0 Å². The summed E-state index contributed by atoms with van der Waals surface area (Å²) in [6, 6.07) is 4.85. The monoisotopic (exact) mass is 324 g/mol. The summed E-state index contributed by atoms with van der Waals surface area (Å²) in [5.41, 5.74) is 0.961. The SMILES string of the molecule is CC(C)(C)[Si](C)(C)Oc1cc(C(=O)O)ccc1C1OCCO1. The average molecular weight is 324 g/mol. The standard InChI is InChI=1S/C16H24O5Si/c1-16(2,3)22(4,5)21-13-10-11(14(17)18)6-7-12(13)15-19-8-9-20-15/h6-7,10,15H,8-9H2,1-5H3,(H,17,18). The van der Waals surface area contributed by atoms with Crippen LogP contribution in [0.25, 0.3) is 0 Å². The molecule has 5 nitrogen and oxygen atoms in total. The third-order valence-electron chi connectivity index (χ3n) is 4.31.